The summed E-state index contributed by atoms with van der Waals surface area (Å²) in [6.45, 7) is 3.51. The summed E-state index contributed by atoms with van der Waals surface area (Å²) in [5.41, 5.74) is 0.149. The molecule has 1 aromatic carbocycles. The highest BCUT2D eigenvalue weighted by atomic mass is 32.5. The van der Waals surface area contributed by atoms with Gasteiger partial charge in [0.2, 0.25) is 0 Å². The van der Waals surface area contributed by atoms with Gasteiger partial charge in [0, 0.05) is 0 Å². The van der Waals surface area contributed by atoms with E-state index >= 15 is 0 Å². The van der Waals surface area contributed by atoms with E-state index in [1.807, 2.05) is 13.8 Å². The highest BCUT2D eigenvalue weighted by Crippen LogP contribution is 3.02. The second kappa shape index (κ2) is 3.89. The Morgan fingerprint density at radius 2 is 1.31 bits per heavy atom. The fourth-order valence-electron chi connectivity index (χ4n) is 0.852. The molecular formula is C9H13F5OS. The van der Waals surface area contributed by atoms with Gasteiger partial charge in [-0.2, -0.15) is 0 Å². The Labute approximate surface area is 90.6 Å². The van der Waals surface area contributed by atoms with Gasteiger partial charge in [-0.15, -0.1) is 0 Å². The lowest BCUT2D eigenvalue weighted by molar-refractivity contribution is 0.281. The molecule has 0 atom stereocenters. The van der Waals surface area contributed by atoms with Crippen LogP contribution in [0.4, 0.5) is 19.4 Å². The molecule has 0 saturated heterocycles. The quantitative estimate of drug-likeness (QED) is 0.756. The topological polar surface area (TPSA) is 20.2 Å². The molecule has 0 bridgehead atoms. The third-order valence-electron chi connectivity index (χ3n) is 1.55. The second-order valence-corrected chi connectivity index (χ2v) is 5.18. The maximum absolute atomic E-state index is 12.1. The van der Waals surface area contributed by atoms with Gasteiger partial charge in [-0.05, 0) is 17.7 Å². The zero-order valence-corrected chi connectivity index (χ0v) is 9.58. The van der Waals surface area contributed by atoms with Crippen LogP contribution < -0.4 is 0 Å². The van der Waals surface area contributed by atoms with Gasteiger partial charge in [0.05, 0.1) is 6.61 Å². The smallest absolute Gasteiger partial charge is 0.310 e. The lowest BCUT2D eigenvalue weighted by Gasteiger charge is -2.40. The zero-order chi connectivity index (χ0) is 13.1. The second-order valence-electron chi connectivity index (χ2n) is 2.77. The number of hydrogen-bond acceptors (Lipinski definition) is 1. The summed E-state index contributed by atoms with van der Waals surface area (Å²) in [5, 5.41) is 8.50. The van der Waals surface area contributed by atoms with Crippen LogP contribution in [-0.4, -0.2) is 5.11 Å². The van der Waals surface area contributed by atoms with Crippen LogP contribution in [0.3, 0.4) is 0 Å². The molecule has 1 N–H and O–H groups in total. The van der Waals surface area contributed by atoms with E-state index in [2.05, 4.69) is 0 Å². The Bertz CT molecular complexity index is 341. The summed E-state index contributed by atoms with van der Waals surface area (Å²) in [5.74, 6) is 0. The maximum Gasteiger partial charge on any atom is 0.310 e. The summed E-state index contributed by atoms with van der Waals surface area (Å²) < 4.78 is 60.6. The van der Waals surface area contributed by atoms with Crippen molar-refractivity contribution in [2.45, 2.75) is 25.3 Å². The molecule has 0 aliphatic rings. The van der Waals surface area contributed by atoms with Crippen molar-refractivity contribution in [1.29, 1.82) is 0 Å². The number of halogens is 5. The average Bonchev–Trinajstić information content (AvgIpc) is 2.18. The van der Waals surface area contributed by atoms with Crippen molar-refractivity contribution in [3.63, 3.8) is 0 Å². The van der Waals surface area contributed by atoms with Gasteiger partial charge in [-0.1, -0.05) is 45.4 Å². The van der Waals surface area contributed by atoms with Crippen LogP contribution in [0.1, 0.15) is 19.4 Å². The number of aliphatic hydroxyl groups excluding tert-OH is 1. The summed E-state index contributed by atoms with van der Waals surface area (Å²) in [6, 6.07) is 2.17. The minimum absolute atomic E-state index is 0.149. The van der Waals surface area contributed by atoms with E-state index in [9.17, 15) is 19.4 Å². The molecule has 1 aromatic rings. The minimum Gasteiger partial charge on any atom is -0.392 e. The van der Waals surface area contributed by atoms with Gasteiger partial charge in [-0.3, -0.25) is 0 Å². The third kappa shape index (κ3) is 4.36. The van der Waals surface area contributed by atoms with Crippen LogP contribution in [0.15, 0.2) is 29.2 Å². The van der Waals surface area contributed by atoms with Crippen molar-refractivity contribution in [2.24, 2.45) is 0 Å². The van der Waals surface area contributed by atoms with Gasteiger partial charge < -0.3 is 5.11 Å². The Kier molecular flexibility index (Phi) is 3.69. The molecule has 0 fully saturated rings. The fourth-order valence-corrected chi connectivity index (χ4v) is 1.50. The molecule has 0 radical (unpaired) electrons. The highest BCUT2D eigenvalue weighted by molar-refractivity contribution is 8.45. The van der Waals surface area contributed by atoms with Gasteiger partial charge in [-0.25, -0.2) is 0 Å². The number of hydrogen-bond donors (Lipinski definition) is 1. The monoisotopic (exact) mass is 264 g/mol. The first-order valence-electron chi connectivity index (χ1n) is 4.47. The first-order chi connectivity index (χ1) is 7.03. The predicted molar refractivity (Wildman–Crippen MR) is 55.1 cm³/mol. The Morgan fingerprint density at radius 1 is 0.938 bits per heavy atom. The Morgan fingerprint density at radius 3 is 1.56 bits per heavy atom. The van der Waals surface area contributed by atoms with Gasteiger partial charge in [0.15, 0.2) is 0 Å². The first-order valence-corrected chi connectivity index (χ1v) is 6.42. The lowest BCUT2D eigenvalue weighted by atomic mass is 10.2. The first kappa shape index (κ1) is 15.2. The van der Waals surface area contributed by atoms with Gasteiger partial charge >= 0.3 is 10.2 Å². The van der Waals surface area contributed by atoms with Crippen molar-refractivity contribution in [2.75, 3.05) is 0 Å². The van der Waals surface area contributed by atoms with Crippen LogP contribution in [-0.2, 0) is 6.61 Å². The minimum atomic E-state index is -9.55. The lowest BCUT2D eigenvalue weighted by Crippen LogP contribution is -2.05. The molecule has 7 heteroatoms. The molecule has 1 rings (SSSR count). The Balaban J connectivity index is 0.00000106. The summed E-state index contributed by atoms with van der Waals surface area (Å²) in [7, 11) is -9.55. The number of benzene rings is 1. The van der Waals surface area contributed by atoms with E-state index in [4.69, 9.17) is 5.11 Å². The number of rotatable bonds is 2. The highest BCUT2D eigenvalue weighted by Gasteiger charge is 2.65. The van der Waals surface area contributed by atoms with Crippen molar-refractivity contribution in [3.8, 4) is 0 Å². The summed E-state index contributed by atoms with van der Waals surface area (Å²) in [4.78, 5) is -1.94. The SMILES string of the molecule is CC.OCc1ccc(S(F)(F)(F)(F)F)cc1. The molecule has 0 aliphatic heterocycles. The van der Waals surface area contributed by atoms with E-state index in [1.165, 1.54) is 0 Å². The van der Waals surface area contributed by atoms with Crippen LogP contribution >= 0.6 is 10.2 Å². The predicted octanol–water partition coefficient (Wildman–Crippen LogP) is 4.86. The largest absolute Gasteiger partial charge is 0.392 e. The standard InChI is InChI=1S/C7H7F5OS.C2H6/c8-14(9,10,11,12)7-3-1-6(5-13)2-4-7;1-2/h1-4,13H,5H2;1-2H3. The molecule has 0 spiro atoms. The molecular weight excluding hydrogens is 251 g/mol. The van der Waals surface area contributed by atoms with Gasteiger partial charge in [0.1, 0.15) is 4.90 Å². The molecule has 0 unspecified atom stereocenters. The van der Waals surface area contributed by atoms with E-state index in [0.29, 0.717) is 0 Å². The molecule has 96 valence electrons. The van der Waals surface area contributed by atoms with Crippen molar-refractivity contribution in [3.05, 3.63) is 29.8 Å². The molecule has 0 aromatic heterocycles. The molecule has 0 amide bonds. The molecule has 1 nitrogen and oxygen atoms in total. The summed E-state index contributed by atoms with van der Waals surface area (Å²) >= 11 is 0. The normalized spacial score (nSPS) is 15.5. The van der Waals surface area contributed by atoms with Crippen LogP contribution in [0.25, 0.3) is 0 Å². The molecule has 16 heavy (non-hydrogen) atoms. The zero-order valence-electron chi connectivity index (χ0n) is 8.76. The van der Waals surface area contributed by atoms with E-state index < -0.39 is 21.7 Å². The molecule has 0 saturated carbocycles. The Hall–Kier alpha value is -0.820. The number of aliphatic hydroxyl groups is 1. The van der Waals surface area contributed by atoms with Crippen LogP contribution in [0, 0.1) is 0 Å². The van der Waals surface area contributed by atoms with E-state index in [0.717, 1.165) is 12.1 Å². The summed E-state index contributed by atoms with van der Waals surface area (Å²) in [6.07, 6.45) is 0. The fraction of sp³-hybridized carbons (Fsp3) is 0.333. The van der Waals surface area contributed by atoms with Crippen LogP contribution in [0.5, 0.6) is 0 Å². The van der Waals surface area contributed by atoms with Gasteiger partial charge in [0.25, 0.3) is 0 Å². The van der Waals surface area contributed by atoms with Crippen LogP contribution in [0.2, 0.25) is 0 Å². The third-order valence-corrected chi connectivity index (χ3v) is 2.71. The van der Waals surface area contributed by atoms with E-state index in [1.54, 1.807) is 0 Å². The molecule has 0 aliphatic carbocycles. The van der Waals surface area contributed by atoms with Crippen molar-refractivity contribution < 1.29 is 24.5 Å². The van der Waals surface area contributed by atoms with Crippen molar-refractivity contribution in [1.82, 2.24) is 0 Å². The van der Waals surface area contributed by atoms with E-state index in [-0.39, 0.29) is 17.7 Å². The maximum atomic E-state index is 12.1. The molecule has 0 heterocycles. The van der Waals surface area contributed by atoms with Crippen molar-refractivity contribution >= 4 is 10.2 Å². The average molecular weight is 264 g/mol.